The fourth-order valence-corrected chi connectivity index (χ4v) is 4.37. The molecule has 1 aliphatic heterocycles. The molecule has 3 aliphatic rings. The Morgan fingerprint density at radius 3 is 2.91 bits per heavy atom. The van der Waals surface area contributed by atoms with Gasteiger partial charge in [0.05, 0.1) is 0 Å². The number of aromatic nitrogens is 3. The summed E-state index contributed by atoms with van der Waals surface area (Å²) >= 11 is 0. The Morgan fingerprint density at radius 2 is 2.04 bits per heavy atom. The topological polar surface area (TPSA) is 71.8 Å². The lowest BCUT2D eigenvalue weighted by Gasteiger charge is -2.21. The first-order valence-corrected chi connectivity index (χ1v) is 9.26. The summed E-state index contributed by atoms with van der Waals surface area (Å²) < 4.78 is 2.19. The van der Waals surface area contributed by atoms with Crippen molar-refractivity contribution in [3.8, 4) is 0 Å². The van der Waals surface area contributed by atoms with E-state index in [0.29, 0.717) is 12.6 Å². The molecule has 2 unspecified atom stereocenters. The maximum Gasteiger partial charge on any atom is 0.315 e. The number of nitrogens with one attached hydrogen (secondary N) is 2. The van der Waals surface area contributed by atoms with E-state index >= 15 is 0 Å². The van der Waals surface area contributed by atoms with Crippen LogP contribution in [0.3, 0.4) is 0 Å². The zero-order valence-electron chi connectivity index (χ0n) is 13.8. The first-order valence-electron chi connectivity index (χ1n) is 9.26. The van der Waals surface area contributed by atoms with Gasteiger partial charge in [-0.15, -0.1) is 10.2 Å². The van der Waals surface area contributed by atoms with E-state index in [1.807, 2.05) is 0 Å². The van der Waals surface area contributed by atoms with E-state index in [2.05, 4.69) is 25.4 Å². The van der Waals surface area contributed by atoms with Crippen LogP contribution in [0.1, 0.15) is 56.6 Å². The van der Waals surface area contributed by atoms with E-state index in [-0.39, 0.29) is 6.03 Å². The van der Waals surface area contributed by atoms with E-state index < -0.39 is 0 Å². The number of hydrogen-bond acceptors (Lipinski definition) is 3. The van der Waals surface area contributed by atoms with Crippen LogP contribution in [0.2, 0.25) is 0 Å². The third-order valence-electron chi connectivity index (χ3n) is 5.73. The molecule has 0 saturated heterocycles. The molecule has 0 aromatic carbocycles. The zero-order chi connectivity index (χ0) is 15.6. The van der Waals surface area contributed by atoms with Crippen molar-refractivity contribution in [3.05, 3.63) is 11.6 Å². The number of nitrogens with zero attached hydrogens (tertiary/aromatic N) is 3. The van der Waals surface area contributed by atoms with E-state index in [9.17, 15) is 4.79 Å². The van der Waals surface area contributed by atoms with E-state index in [1.165, 1.54) is 38.5 Å². The normalized spacial score (nSPS) is 26.8. The Bertz CT molecular complexity index is 563. The minimum atomic E-state index is -0.0190. The van der Waals surface area contributed by atoms with Gasteiger partial charge in [0, 0.05) is 32.0 Å². The van der Waals surface area contributed by atoms with Gasteiger partial charge in [-0.25, -0.2) is 4.79 Å². The van der Waals surface area contributed by atoms with Crippen molar-refractivity contribution in [2.45, 2.75) is 70.4 Å². The second kappa shape index (κ2) is 6.49. The zero-order valence-corrected chi connectivity index (χ0v) is 13.8. The Labute approximate surface area is 137 Å². The number of hydrogen-bond donors (Lipinski definition) is 2. The van der Waals surface area contributed by atoms with Crippen molar-refractivity contribution in [3.63, 3.8) is 0 Å². The molecule has 126 valence electrons. The minimum Gasteiger partial charge on any atom is -0.338 e. The largest absolute Gasteiger partial charge is 0.338 e. The molecule has 6 heteroatoms. The summed E-state index contributed by atoms with van der Waals surface area (Å²) in [7, 11) is 0. The Balaban J connectivity index is 1.16. The predicted octanol–water partition coefficient (Wildman–Crippen LogP) is 2.03. The quantitative estimate of drug-likeness (QED) is 0.873. The summed E-state index contributed by atoms with van der Waals surface area (Å²) in [6.45, 7) is 1.65. The van der Waals surface area contributed by atoms with Gasteiger partial charge in [-0.2, -0.15) is 0 Å². The fraction of sp³-hybridized carbons (Fsp3) is 0.824. The summed E-state index contributed by atoms with van der Waals surface area (Å²) in [5.41, 5.74) is 0. The van der Waals surface area contributed by atoms with Crippen molar-refractivity contribution < 1.29 is 4.79 Å². The van der Waals surface area contributed by atoms with Gasteiger partial charge < -0.3 is 15.2 Å². The number of carbonyl (C=O) groups is 1. The van der Waals surface area contributed by atoms with E-state index in [0.717, 1.165) is 49.3 Å². The molecular weight excluding hydrogens is 290 g/mol. The van der Waals surface area contributed by atoms with Crippen molar-refractivity contribution >= 4 is 6.03 Å². The van der Waals surface area contributed by atoms with Gasteiger partial charge in [-0.1, -0.05) is 32.1 Å². The number of amides is 2. The molecule has 0 bridgehead atoms. The molecule has 2 saturated carbocycles. The molecule has 23 heavy (non-hydrogen) atoms. The monoisotopic (exact) mass is 317 g/mol. The number of fused-ring (bicyclic) bond motifs is 1. The van der Waals surface area contributed by atoms with Crippen molar-refractivity contribution in [1.29, 1.82) is 0 Å². The van der Waals surface area contributed by atoms with Gasteiger partial charge in [0.1, 0.15) is 11.6 Å². The van der Waals surface area contributed by atoms with Crippen LogP contribution in [0.25, 0.3) is 0 Å². The molecule has 2 fully saturated rings. The number of urea groups is 1. The molecule has 1 aromatic rings. The standard InChI is InChI=1S/C17H27N5O/c23-17(19-14-11-13(14)12-5-2-1-3-6-12)18-9-8-16-21-20-15-7-4-10-22(15)16/h12-14H,1-11H2,(H2,18,19,23). The SMILES string of the molecule is O=C(NCCc1nnc2n1CCC2)NC1CC1C1CCCCC1. The van der Waals surface area contributed by atoms with Gasteiger partial charge in [0.2, 0.25) is 0 Å². The Morgan fingerprint density at radius 1 is 1.17 bits per heavy atom. The molecule has 6 nitrogen and oxygen atoms in total. The van der Waals surface area contributed by atoms with E-state index in [1.54, 1.807) is 0 Å². The maximum atomic E-state index is 12.0. The van der Waals surface area contributed by atoms with E-state index in [4.69, 9.17) is 0 Å². The molecule has 1 aromatic heterocycles. The average molecular weight is 317 g/mol. The van der Waals surface area contributed by atoms with Gasteiger partial charge in [-0.05, 0) is 24.7 Å². The molecule has 2 aliphatic carbocycles. The molecular formula is C17H27N5O. The van der Waals surface area contributed by atoms with Gasteiger partial charge in [-0.3, -0.25) is 0 Å². The van der Waals surface area contributed by atoms with Gasteiger partial charge >= 0.3 is 6.03 Å². The van der Waals surface area contributed by atoms with Crippen molar-refractivity contribution in [1.82, 2.24) is 25.4 Å². The van der Waals surface area contributed by atoms with Crippen LogP contribution in [0, 0.1) is 11.8 Å². The van der Waals surface area contributed by atoms with Crippen LogP contribution in [0.4, 0.5) is 4.79 Å². The summed E-state index contributed by atoms with van der Waals surface area (Å²) in [5, 5.41) is 14.5. The third kappa shape index (κ3) is 3.35. The van der Waals surface area contributed by atoms with Crippen LogP contribution in [-0.4, -0.2) is 33.4 Å². The Kier molecular flexibility index (Phi) is 4.23. The minimum absolute atomic E-state index is 0.0190. The third-order valence-corrected chi connectivity index (χ3v) is 5.73. The summed E-state index contributed by atoms with van der Waals surface area (Å²) in [6.07, 6.45) is 11.0. The fourth-order valence-electron chi connectivity index (χ4n) is 4.37. The van der Waals surface area contributed by atoms with Crippen LogP contribution < -0.4 is 10.6 Å². The summed E-state index contributed by atoms with van der Waals surface area (Å²) in [5.74, 6) is 3.69. The van der Waals surface area contributed by atoms with Gasteiger partial charge in [0.15, 0.2) is 0 Å². The second-order valence-corrected chi connectivity index (χ2v) is 7.34. The summed E-state index contributed by atoms with van der Waals surface area (Å²) in [6, 6.07) is 0.393. The van der Waals surface area contributed by atoms with Crippen LogP contribution in [0.15, 0.2) is 0 Å². The molecule has 2 amide bonds. The number of rotatable bonds is 5. The highest BCUT2D eigenvalue weighted by molar-refractivity contribution is 5.74. The van der Waals surface area contributed by atoms with Crippen LogP contribution >= 0.6 is 0 Å². The highest BCUT2D eigenvalue weighted by Gasteiger charge is 2.43. The molecule has 4 rings (SSSR count). The highest BCUT2D eigenvalue weighted by atomic mass is 16.2. The molecule has 0 radical (unpaired) electrons. The van der Waals surface area contributed by atoms with Gasteiger partial charge in [0.25, 0.3) is 0 Å². The molecule has 2 atom stereocenters. The molecule has 0 spiro atoms. The number of aryl methyl sites for hydroxylation is 1. The molecule has 2 N–H and O–H groups in total. The number of carbonyl (C=O) groups excluding carboxylic acids is 1. The smallest absolute Gasteiger partial charge is 0.315 e. The highest BCUT2D eigenvalue weighted by Crippen LogP contribution is 2.44. The first kappa shape index (κ1) is 15.0. The van der Waals surface area contributed by atoms with Crippen molar-refractivity contribution in [2.75, 3.05) is 6.54 Å². The second-order valence-electron chi connectivity index (χ2n) is 7.34. The summed E-state index contributed by atoms with van der Waals surface area (Å²) in [4.78, 5) is 12.0. The van der Waals surface area contributed by atoms with Crippen LogP contribution in [-0.2, 0) is 19.4 Å². The van der Waals surface area contributed by atoms with Crippen LogP contribution in [0.5, 0.6) is 0 Å². The lowest BCUT2D eigenvalue weighted by molar-refractivity contribution is 0.238. The van der Waals surface area contributed by atoms with Crippen molar-refractivity contribution in [2.24, 2.45) is 11.8 Å². The lowest BCUT2D eigenvalue weighted by atomic mass is 9.85. The maximum absolute atomic E-state index is 12.0. The molecule has 2 heterocycles. The predicted molar refractivity (Wildman–Crippen MR) is 87.1 cm³/mol. The first-order chi connectivity index (χ1) is 11.3. The lowest BCUT2D eigenvalue weighted by Crippen LogP contribution is -2.39. The average Bonchev–Trinajstić information content (AvgIpc) is 2.99. The Hall–Kier alpha value is -1.59.